The first-order chi connectivity index (χ1) is 9.53. The van der Waals surface area contributed by atoms with Crippen molar-refractivity contribution in [2.24, 2.45) is 0 Å². The Morgan fingerprint density at radius 1 is 1.45 bits per heavy atom. The maximum absolute atomic E-state index is 12.2. The van der Waals surface area contributed by atoms with Gasteiger partial charge in [0.05, 0.1) is 7.11 Å². The molecule has 0 saturated heterocycles. The Kier molecular flexibility index (Phi) is 4.20. The summed E-state index contributed by atoms with van der Waals surface area (Å²) in [5, 5.41) is 3.44. The maximum Gasteiger partial charge on any atom is 0.244 e. The van der Waals surface area contributed by atoms with E-state index in [0.717, 1.165) is 0 Å². The van der Waals surface area contributed by atoms with E-state index in [0.29, 0.717) is 18.0 Å². The summed E-state index contributed by atoms with van der Waals surface area (Å²) in [7, 11) is -2.31. The molecule has 0 bridgehead atoms. The third-order valence-corrected chi connectivity index (χ3v) is 4.02. The number of nitrogens with one attached hydrogen (secondary N) is 1. The van der Waals surface area contributed by atoms with Gasteiger partial charge < -0.3 is 15.0 Å². The van der Waals surface area contributed by atoms with Gasteiger partial charge in [-0.05, 0) is 12.1 Å². The first kappa shape index (κ1) is 14.3. The third kappa shape index (κ3) is 3.25. The molecule has 3 N–H and O–H groups in total. The second-order valence-electron chi connectivity index (χ2n) is 3.89. The zero-order valence-corrected chi connectivity index (χ0v) is 11.6. The predicted molar refractivity (Wildman–Crippen MR) is 70.6 cm³/mol. The number of hydrogen-bond acceptors (Lipinski definition) is 7. The van der Waals surface area contributed by atoms with Gasteiger partial charge in [-0.3, -0.25) is 0 Å². The molecule has 1 aromatic carbocycles. The predicted octanol–water partition coefficient (Wildman–Crippen LogP) is 0.181. The Morgan fingerprint density at radius 3 is 2.90 bits per heavy atom. The second-order valence-corrected chi connectivity index (χ2v) is 5.63. The van der Waals surface area contributed by atoms with Crippen LogP contribution in [0.2, 0.25) is 0 Å². The molecule has 9 heteroatoms. The number of ether oxygens (including phenoxy) is 1. The maximum atomic E-state index is 12.2. The number of anilines is 1. The average molecular weight is 298 g/mol. The lowest BCUT2D eigenvalue weighted by Gasteiger charge is -2.10. The van der Waals surface area contributed by atoms with Gasteiger partial charge in [-0.2, -0.15) is 4.98 Å². The number of rotatable bonds is 6. The topological polar surface area (TPSA) is 120 Å². The molecule has 0 amide bonds. The van der Waals surface area contributed by atoms with E-state index in [9.17, 15) is 8.42 Å². The molecular formula is C11H14N4O4S. The smallest absolute Gasteiger partial charge is 0.244 e. The summed E-state index contributed by atoms with van der Waals surface area (Å²) < 4.78 is 36.5. The Morgan fingerprint density at radius 2 is 2.25 bits per heavy atom. The quantitative estimate of drug-likeness (QED) is 0.730. The number of hydrogen-bond donors (Lipinski definition) is 2. The van der Waals surface area contributed by atoms with Crippen molar-refractivity contribution in [1.29, 1.82) is 0 Å². The Hall–Kier alpha value is -2.13. The highest BCUT2D eigenvalue weighted by Gasteiger charge is 2.19. The minimum absolute atomic E-state index is 0.0275. The summed E-state index contributed by atoms with van der Waals surface area (Å²) in [4.78, 5) is 3.83. The summed E-state index contributed by atoms with van der Waals surface area (Å²) >= 11 is 0. The zero-order chi connectivity index (χ0) is 14.6. The Bertz CT molecular complexity index is 670. The zero-order valence-electron chi connectivity index (χ0n) is 10.7. The van der Waals surface area contributed by atoms with Gasteiger partial charge in [0.25, 0.3) is 0 Å². The molecule has 108 valence electrons. The van der Waals surface area contributed by atoms with Crippen LogP contribution in [0.25, 0.3) is 0 Å². The molecule has 0 unspecified atom stereocenters. The minimum Gasteiger partial charge on any atom is -0.495 e. The molecule has 0 aliphatic heterocycles. The van der Waals surface area contributed by atoms with Crippen LogP contribution in [0.1, 0.15) is 5.89 Å². The lowest BCUT2D eigenvalue weighted by atomic mass is 10.3. The molecule has 0 atom stereocenters. The van der Waals surface area contributed by atoms with Gasteiger partial charge in [0.2, 0.25) is 15.9 Å². The van der Waals surface area contributed by atoms with Crippen LogP contribution >= 0.6 is 0 Å². The van der Waals surface area contributed by atoms with Crippen molar-refractivity contribution in [2.75, 3.05) is 19.4 Å². The molecule has 0 fully saturated rings. The highest BCUT2D eigenvalue weighted by molar-refractivity contribution is 7.89. The van der Waals surface area contributed by atoms with Gasteiger partial charge in [-0.1, -0.05) is 5.16 Å². The molecule has 8 nitrogen and oxygen atoms in total. The van der Waals surface area contributed by atoms with Gasteiger partial charge in [0.15, 0.2) is 6.33 Å². The number of nitrogens with two attached hydrogens (primary N) is 1. The molecule has 1 heterocycles. The van der Waals surface area contributed by atoms with Crippen molar-refractivity contribution in [1.82, 2.24) is 14.9 Å². The number of nitrogens with zero attached hydrogens (tertiary/aromatic N) is 2. The Balaban J connectivity index is 2.10. The van der Waals surface area contributed by atoms with Gasteiger partial charge in [-0.25, -0.2) is 13.1 Å². The first-order valence-electron chi connectivity index (χ1n) is 5.71. The first-order valence-corrected chi connectivity index (χ1v) is 7.20. The number of sulfonamides is 1. The standard InChI is InChI=1S/C11H14N4O4S/c1-18-9-6-8(12)2-3-10(9)20(16,17)15-5-4-11-13-7-14-19-11/h2-3,6-7,15H,4-5,12H2,1H3. The summed E-state index contributed by atoms with van der Waals surface area (Å²) in [6.07, 6.45) is 1.56. The van der Waals surface area contributed by atoms with Crippen molar-refractivity contribution in [3.05, 3.63) is 30.4 Å². The van der Waals surface area contributed by atoms with E-state index in [1.807, 2.05) is 0 Å². The lowest BCUT2D eigenvalue weighted by molar-refractivity contribution is 0.377. The summed E-state index contributed by atoms with van der Waals surface area (Å²) in [6, 6.07) is 4.34. The monoisotopic (exact) mass is 298 g/mol. The number of nitrogen functional groups attached to an aromatic ring is 1. The van der Waals surface area contributed by atoms with E-state index in [4.69, 9.17) is 15.0 Å². The highest BCUT2D eigenvalue weighted by atomic mass is 32.2. The van der Waals surface area contributed by atoms with E-state index >= 15 is 0 Å². The second kappa shape index (κ2) is 5.88. The minimum atomic E-state index is -3.69. The molecule has 2 aromatic rings. The van der Waals surface area contributed by atoms with Crippen LogP contribution in [-0.4, -0.2) is 32.2 Å². The lowest BCUT2D eigenvalue weighted by Crippen LogP contribution is -2.26. The van der Waals surface area contributed by atoms with Crippen LogP contribution in [0.3, 0.4) is 0 Å². The number of benzene rings is 1. The molecule has 0 spiro atoms. The van der Waals surface area contributed by atoms with Crippen LogP contribution < -0.4 is 15.2 Å². The third-order valence-electron chi connectivity index (χ3n) is 2.52. The molecule has 2 rings (SSSR count). The van der Waals surface area contributed by atoms with Crippen LogP contribution in [0, 0.1) is 0 Å². The van der Waals surface area contributed by atoms with Crippen molar-refractivity contribution >= 4 is 15.7 Å². The molecule has 0 radical (unpaired) electrons. The van der Waals surface area contributed by atoms with Gasteiger partial charge in [0.1, 0.15) is 10.6 Å². The molecule has 1 aromatic heterocycles. The van der Waals surface area contributed by atoms with Gasteiger partial charge in [0, 0.05) is 24.7 Å². The van der Waals surface area contributed by atoms with Crippen LogP contribution in [-0.2, 0) is 16.4 Å². The van der Waals surface area contributed by atoms with Crippen LogP contribution in [0.15, 0.2) is 33.9 Å². The van der Waals surface area contributed by atoms with E-state index in [-0.39, 0.29) is 17.2 Å². The fraction of sp³-hybridized carbons (Fsp3) is 0.273. The summed E-state index contributed by atoms with van der Waals surface area (Å²) in [6.45, 7) is 0.137. The number of aromatic nitrogens is 2. The normalized spacial score (nSPS) is 11.4. The van der Waals surface area contributed by atoms with E-state index in [1.165, 1.54) is 31.6 Å². The van der Waals surface area contributed by atoms with Gasteiger partial charge >= 0.3 is 0 Å². The molecule has 0 aliphatic carbocycles. The highest BCUT2D eigenvalue weighted by Crippen LogP contribution is 2.25. The van der Waals surface area contributed by atoms with E-state index in [2.05, 4.69) is 14.9 Å². The molecule has 0 saturated carbocycles. The number of methoxy groups -OCH3 is 1. The van der Waals surface area contributed by atoms with Crippen LogP contribution in [0.5, 0.6) is 5.75 Å². The largest absolute Gasteiger partial charge is 0.495 e. The molecule has 20 heavy (non-hydrogen) atoms. The van der Waals surface area contributed by atoms with Crippen molar-refractivity contribution in [3.8, 4) is 5.75 Å². The van der Waals surface area contributed by atoms with Crippen molar-refractivity contribution < 1.29 is 17.7 Å². The van der Waals surface area contributed by atoms with E-state index < -0.39 is 10.0 Å². The SMILES string of the molecule is COc1cc(N)ccc1S(=O)(=O)NCCc1ncno1. The summed E-state index contributed by atoms with van der Waals surface area (Å²) in [5.74, 6) is 0.548. The molecular weight excluding hydrogens is 284 g/mol. The Labute approximate surface area is 116 Å². The fourth-order valence-electron chi connectivity index (χ4n) is 1.58. The molecule has 0 aliphatic rings. The fourth-order valence-corrected chi connectivity index (χ4v) is 2.76. The summed E-state index contributed by atoms with van der Waals surface area (Å²) in [5.41, 5.74) is 6.01. The van der Waals surface area contributed by atoms with E-state index in [1.54, 1.807) is 0 Å². The average Bonchev–Trinajstić information content (AvgIpc) is 2.91. The van der Waals surface area contributed by atoms with Crippen molar-refractivity contribution in [2.45, 2.75) is 11.3 Å². The van der Waals surface area contributed by atoms with Crippen molar-refractivity contribution in [3.63, 3.8) is 0 Å². The van der Waals surface area contributed by atoms with Gasteiger partial charge in [-0.15, -0.1) is 0 Å². The van der Waals surface area contributed by atoms with Crippen LogP contribution in [0.4, 0.5) is 5.69 Å².